The third-order valence-corrected chi connectivity index (χ3v) is 4.12. The third-order valence-electron chi connectivity index (χ3n) is 4.12. The lowest BCUT2D eigenvalue weighted by molar-refractivity contribution is 0.406. The number of hydrogen-bond donors (Lipinski definition) is 1. The fourth-order valence-electron chi connectivity index (χ4n) is 3.08. The van der Waals surface area contributed by atoms with E-state index in [-0.39, 0.29) is 0 Å². The van der Waals surface area contributed by atoms with Gasteiger partial charge in [-0.2, -0.15) is 0 Å². The summed E-state index contributed by atoms with van der Waals surface area (Å²) in [6.45, 7) is 1.20. The Balaban J connectivity index is 1.50. The summed E-state index contributed by atoms with van der Waals surface area (Å²) >= 11 is 0. The second-order valence-electron chi connectivity index (χ2n) is 5.43. The zero-order valence-corrected chi connectivity index (χ0v) is 10.4. The molecule has 1 N–H and O–H groups in total. The Hall–Kier alpha value is -1.08. The van der Waals surface area contributed by atoms with Gasteiger partial charge in [-0.3, -0.25) is 0 Å². The minimum Gasteiger partial charge on any atom is -0.313 e. The van der Waals surface area contributed by atoms with Crippen molar-refractivity contribution >= 4 is 0 Å². The molecule has 90 valence electrons. The van der Waals surface area contributed by atoms with Crippen LogP contribution in [0.4, 0.5) is 0 Å². The summed E-state index contributed by atoms with van der Waals surface area (Å²) < 4.78 is 0. The highest BCUT2D eigenvalue weighted by Crippen LogP contribution is 2.23. The topological polar surface area (TPSA) is 12.0 Å². The number of nitrogens with one attached hydrogen (secondary N) is 1. The molecular weight excluding hydrogens is 206 g/mol. The Labute approximate surface area is 104 Å². The van der Waals surface area contributed by atoms with Gasteiger partial charge in [0.2, 0.25) is 0 Å². The molecule has 1 atom stereocenters. The van der Waals surface area contributed by atoms with Crippen LogP contribution in [-0.4, -0.2) is 12.6 Å². The Morgan fingerprint density at radius 1 is 1.06 bits per heavy atom. The minimum atomic E-state index is 0.679. The summed E-state index contributed by atoms with van der Waals surface area (Å²) in [4.78, 5) is 0. The van der Waals surface area contributed by atoms with E-state index in [4.69, 9.17) is 0 Å². The largest absolute Gasteiger partial charge is 0.313 e. The molecule has 1 nitrogen and oxygen atoms in total. The highest BCUT2D eigenvalue weighted by molar-refractivity contribution is 5.33. The first-order valence-electron chi connectivity index (χ1n) is 6.87. The maximum atomic E-state index is 3.76. The molecule has 2 aliphatic carbocycles. The van der Waals surface area contributed by atoms with E-state index < -0.39 is 0 Å². The number of benzene rings is 1. The van der Waals surface area contributed by atoms with Gasteiger partial charge in [0, 0.05) is 6.04 Å². The summed E-state index contributed by atoms with van der Waals surface area (Å²) in [5.41, 5.74) is 3.10. The van der Waals surface area contributed by atoms with Gasteiger partial charge >= 0.3 is 0 Å². The van der Waals surface area contributed by atoms with Crippen LogP contribution < -0.4 is 5.32 Å². The fourth-order valence-corrected chi connectivity index (χ4v) is 3.08. The van der Waals surface area contributed by atoms with Crippen molar-refractivity contribution < 1.29 is 0 Å². The van der Waals surface area contributed by atoms with Gasteiger partial charge in [0.25, 0.3) is 0 Å². The molecule has 1 aromatic carbocycles. The second kappa shape index (κ2) is 5.05. The average Bonchev–Trinajstić information content (AvgIpc) is 2.80. The van der Waals surface area contributed by atoms with Gasteiger partial charge in [-0.1, -0.05) is 36.4 Å². The smallest absolute Gasteiger partial charge is 0.0148 e. The molecule has 0 spiro atoms. The molecule has 0 saturated carbocycles. The van der Waals surface area contributed by atoms with Crippen molar-refractivity contribution in [3.8, 4) is 0 Å². The lowest BCUT2D eigenvalue weighted by atomic mass is 9.94. The van der Waals surface area contributed by atoms with Gasteiger partial charge in [-0.05, 0) is 55.7 Å². The molecular formula is C16H21N. The van der Waals surface area contributed by atoms with Crippen LogP contribution in [0.2, 0.25) is 0 Å². The summed E-state index contributed by atoms with van der Waals surface area (Å²) in [5.74, 6) is 0.865. The number of allylic oxidation sites excluding steroid dienone is 2. The SMILES string of the molecule is C1=CCC(CNC2Cc3ccccc3C2)CC1. The lowest BCUT2D eigenvalue weighted by Crippen LogP contribution is -2.34. The molecule has 3 rings (SSSR count). The molecule has 17 heavy (non-hydrogen) atoms. The Morgan fingerprint density at radius 3 is 2.47 bits per heavy atom. The highest BCUT2D eigenvalue weighted by Gasteiger charge is 2.21. The van der Waals surface area contributed by atoms with Crippen LogP contribution in [-0.2, 0) is 12.8 Å². The molecule has 0 aromatic heterocycles. The van der Waals surface area contributed by atoms with Crippen molar-refractivity contribution in [1.29, 1.82) is 0 Å². The van der Waals surface area contributed by atoms with Crippen molar-refractivity contribution in [3.05, 3.63) is 47.5 Å². The van der Waals surface area contributed by atoms with Crippen molar-refractivity contribution in [2.24, 2.45) is 5.92 Å². The van der Waals surface area contributed by atoms with Gasteiger partial charge in [-0.25, -0.2) is 0 Å². The van der Waals surface area contributed by atoms with E-state index in [2.05, 4.69) is 41.7 Å². The number of fused-ring (bicyclic) bond motifs is 1. The highest BCUT2D eigenvalue weighted by atomic mass is 14.9. The predicted molar refractivity (Wildman–Crippen MR) is 72.1 cm³/mol. The molecule has 0 heterocycles. The van der Waals surface area contributed by atoms with Crippen LogP contribution in [0.25, 0.3) is 0 Å². The van der Waals surface area contributed by atoms with Gasteiger partial charge in [0.05, 0.1) is 0 Å². The molecule has 0 saturated heterocycles. The molecule has 0 fully saturated rings. The summed E-state index contributed by atoms with van der Waals surface area (Å²) in [5, 5.41) is 3.76. The summed E-state index contributed by atoms with van der Waals surface area (Å²) in [6, 6.07) is 9.55. The van der Waals surface area contributed by atoms with E-state index in [1.165, 1.54) is 38.6 Å². The van der Waals surface area contributed by atoms with Gasteiger partial charge in [-0.15, -0.1) is 0 Å². The molecule has 2 aliphatic rings. The van der Waals surface area contributed by atoms with E-state index >= 15 is 0 Å². The molecule has 0 aliphatic heterocycles. The van der Waals surface area contributed by atoms with Crippen molar-refractivity contribution in [2.75, 3.05) is 6.54 Å². The van der Waals surface area contributed by atoms with Crippen molar-refractivity contribution in [3.63, 3.8) is 0 Å². The van der Waals surface area contributed by atoms with Crippen molar-refractivity contribution in [2.45, 2.75) is 38.1 Å². The standard InChI is InChI=1S/C16H21N/c1-2-6-13(7-3-1)12-17-16-10-14-8-4-5-9-15(14)11-16/h1-2,4-5,8-9,13,16-17H,3,6-7,10-12H2. The lowest BCUT2D eigenvalue weighted by Gasteiger charge is -2.21. The van der Waals surface area contributed by atoms with E-state index in [9.17, 15) is 0 Å². The zero-order chi connectivity index (χ0) is 11.5. The maximum absolute atomic E-state index is 3.76. The van der Waals surface area contributed by atoms with Crippen LogP contribution in [0.1, 0.15) is 30.4 Å². The summed E-state index contributed by atoms with van der Waals surface area (Å²) in [7, 11) is 0. The van der Waals surface area contributed by atoms with Crippen LogP contribution in [0.5, 0.6) is 0 Å². The first-order chi connectivity index (χ1) is 8.42. The molecule has 0 radical (unpaired) electrons. The minimum absolute atomic E-state index is 0.679. The fraction of sp³-hybridized carbons (Fsp3) is 0.500. The van der Waals surface area contributed by atoms with Crippen LogP contribution in [0, 0.1) is 5.92 Å². The maximum Gasteiger partial charge on any atom is 0.0148 e. The normalized spacial score (nSPS) is 23.9. The Morgan fingerprint density at radius 2 is 1.82 bits per heavy atom. The molecule has 0 bridgehead atoms. The van der Waals surface area contributed by atoms with Crippen LogP contribution in [0.3, 0.4) is 0 Å². The van der Waals surface area contributed by atoms with Crippen LogP contribution in [0.15, 0.2) is 36.4 Å². The van der Waals surface area contributed by atoms with Gasteiger partial charge in [0.15, 0.2) is 0 Å². The van der Waals surface area contributed by atoms with Crippen LogP contribution >= 0.6 is 0 Å². The zero-order valence-electron chi connectivity index (χ0n) is 10.4. The molecule has 0 amide bonds. The first-order valence-corrected chi connectivity index (χ1v) is 6.87. The summed E-state index contributed by atoms with van der Waals surface area (Å²) in [6.07, 6.45) is 11.0. The Bertz CT molecular complexity index is 383. The van der Waals surface area contributed by atoms with E-state index in [0.29, 0.717) is 6.04 Å². The second-order valence-corrected chi connectivity index (χ2v) is 5.43. The van der Waals surface area contributed by atoms with E-state index in [0.717, 1.165) is 5.92 Å². The molecule has 1 aromatic rings. The van der Waals surface area contributed by atoms with E-state index in [1.54, 1.807) is 11.1 Å². The van der Waals surface area contributed by atoms with Gasteiger partial charge < -0.3 is 5.32 Å². The van der Waals surface area contributed by atoms with Crippen molar-refractivity contribution in [1.82, 2.24) is 5.32 Å². The number of hydrogen-bond acceptors (Lipinski definition) is 1. The average molecular weight is 227 g/mol. The predicted octanol–water partition coefficient (Wildman–Crippen LogP) is 3.10. The Kier molecular flexibility index (Phi) is 3.28. The molecule has 1 heteroatoms. The molecule has 1 unspecified atom stereocenters. The quantitative estimate of drug-likeness (QED) is 0.782. The van der Waals surface area contributed by atoms with E-state index in [1.807, 2.05) is 0 Å². The first kappa shape index (κ1) is 11.0. The third kappa shape index (κ3) is 2.61. The number of rotatable bonds is 3. The monoisotopic (exact) mass is 227 g/mol. The van der Waals surface area contributed by atoms with Gasteiger partial charge in [0.1, 0.15) is 0 Å².